The SMILES string of the molecule is CC(C)CNc1nc2ccc(Cl)cc2[nH]1. The number of fused-ring (bicyclic) bond motifs is 1. The van der Waals surface area contributed by atoms with Crippen molar-refractivity contribution in [1.82, 2.24) is 9.97 Å². The van der Waals surface area contributed by atoms with Crippen LogP contribution < -0.4 is 5.32 Å². The molecule has 1 aromatic carbocycles. The Balaban J connectivity index is 2.23. The van der Waals surface area contributed by atoms with Gasteiger partial charge in [0.2, 0.25) is 5.95 Å². The molecule has 0 atom stereocenters. The van der Waals surface area contributed by atoms with Crippen LogP contribution in [0.2, 0.25) is 5.02 Å². The molecule has 0 aliphatic heterocycles. The topological polar surface area (TPSA) is 40.7 Å². The smallest absolute Gasteiger partial charge is 0.201 e. The third-order valence-corrected chi connectivity index (χ3v) is 2.36. The Kier molecular flexibility index (Phi) is 2.82. The summed E-state index contributed by atoms with van der Waals surface area (Å²) in [7, 11) is 0. The van der Waals surface area contributed by atoms with E-state index in [4.69, 9.17) is 11.6 Å². The quantitative estimate of drug-likeness (QED) is 0.839. The van der Waals surface area contributed by atoms with Gasteiger partial charge in [0.1, 0.15) is 0 Å². The lowest BCUT2D eigenvalue weighted by Gasteiger charge is -2.04. The highest BCUT2D eigenvalue weighted by Crippen LogP contribution is 2.18. The lowest BCUT2D eigenvalue weighted by atomic mass is 10.2. The third-order valence-electron chi connectivity index (χ3n) is 2.12. The molecule has 1 aromatic heterocycles. The van der Waals surface area contributed by atoms with Crippen molar-refractivity contribution in [3.63, 3.8) is 0 Å². The van der Waals surface area contributed by atoms with Crippen molar-refractivity contribution in [2.45, 2.75) is 13.8 Å². The zero-order chi connectivity index (χ0) is 10.8. The lowest BCUT2D eigenvalue weighted by Crippen LogP contribution is -2.08. The minimum absolute atomic E-state index is 0.599. The van der Waals surface area contributed by atoms with Crippen LogP contribution in [-0.4, -0.2) is 16.5 Å². The number of benzene rings is 1. The predicted molar refractivity (Wildman–Crippen MR) is 64.4 cm³/mol. The van der Waals surface area contributed by atoms with Gasteiger partial charge in [-0.2, -0.15) is 0 Å². The van der Waals surface area contributed by atoms with Crippen LogP contribution in [0, 0.1) is 5.92 Å². The molecule has 3 nitrogen and oxygen atoms in total. The Morgan fingerprint density at radius 3 is 3.00 bits per heavy atom. The summed E-state index contributed by atoms with van der Waals surface area (Å²) in [5.41, 5.74) is 1.90. The summed E-state index contributed by atoms with van der Waals surface area (Å²) in [6.45, 7) is 5.23. The highest BCUT2D eigenvalue weighted by atomic mass is 35.5. The van der Waals surface area contributed by atoms with E-state index in [0.29, 0.717) is 5.92 Å². The minimum Gasteiger partial charge on any atom is -0.356 e. The second-order valence-corrected chi connectivity index (χ2v) is 4.46. The number of aromatic amines is 1. The van der Waals surface area contributed by atoms with E-state index in [1.54, 1.807) is 0 Å². The number of nitrogens with one attached hydrogen (secondary N) is 2. The second-order valence-electron chi connectivity index (χ2n) is 4.02. The van der Waals surface area contributed by atoms with Gasteiger partial charge in [-0.1, -0.05) is 25.4 Å². The molecule has 2 N–H and O–H groups in total. The third kappa shape index (κ3) is 2.42. The van der Waals surface area contributed by atoms with Crippen LogP contribution in [0.5, 0.6) is 0 Å². The molecule has 0 saturated carbocycles. The van der Waals surface area contributed by atoms with E-state index in [9.17, 15) is 0 Å². The van der Waals surface area contributed by atoms with E-state index in [0.717, 1.165) is 28.5 Å². The first-order valence-corrected chi connectivity index (χ1v) is 5.42. The summed E-state index contributed by atoms with van der Waals surface area (Å²) in [5, 5.41) is 3.97. The molecular formula is C11H14ClN3. The van der Waals surface area contributed by atoms with Gasteiger partial charge in [0.25, 0.3) is 0 Å². The fourth-order valence-corrected chi connectivity index (χ4v) is 1.54. The summed E-state index contributed by atoms with van der Waals surface area (Å²) >= 11 is 5.89. The van der Waals surface area contributed by atoms with Crippen LogP contribution in [-0.2, 0) is 0 Å². The number of H-pyrrole nitrogens is 1. The van der Waals surface area contributed by atoms with E-state index in [1.165, 1.54) is 0 Å². The number of hydrogen-bond acceptors (Lipinski definition) is 2. The van der Waals surface area contributed by atoms with Crippen LogP contribution in [0.15, 0.2) is 18.2 Å². The van der Waals surface area contributed by atoms with Gasteiger partial charge in [-0.05, 0) is 24.1 Å². The summed E-state index contributed by atoms with van der Waals surface area (Å²) in [4.78, 5) is 7.59. The fourth-order valence-electron chi connectivity index (χ4n) is 1.37. The van der Waals surface area contributed by atoms with Gasteiger partial charge >= 0.3 is 0 Å². The van der Waals surface area contributed by atoms with Gasteiger partial charge in [-0.25, -0.2) is 4.98 Å². The van der Waals surface area contributed by atoms with E-state index in [2.05, 4.69) is 29.1 Å². The van der Waals surface area contributed by atoms with Crippen molar-refractivity contribution < 1.29 is 0 Å². The zero-order valence-electron chi connectivity index (χ0n) is 8.84. The molecule has 0 fully saturated rings. The number of imidazole rings is 1. The molecule has 0 radical (unpaired) electrons. The number of nitrogens with zero attached hydrogens (tertiary/aromatic N) is 1. The Labute approximate surface area is 93.9 Å². The maximum atomic E-state index is 5.89. The molecule has 1 heterocycles. The monoisotopic (exact) mass is 223 g/mol. The zero-order valence-corrected chi connectivity index (χ0v) is 9.60. The van der Waals surface area contributed by atoms with Crippen molar-refractivity contribution in [3.05, 3.63) is 23.2 Å². The van der Waals surface area contributed by atoms with Gasteiger partial charge in [-0.3, -0.25) is 0 Å². The number of anilines is 1. The highest BCUT2D eigenvalue weighted by Gasteiger charge is 2.02. The highest BCUT2D eigenvalue weighted by molar-refractivity contribution is 6.31. The number of halogens is 1. The number of rotatable bonds is 3. The lowest BCUT2D eigenvalue weighted by molar-refractivity contribution is 0.686. The Morgan fingerprint density at radius 1 is 1.47 bits per heavy atom. The molecule has 0 spiro atoms. The molecule has 0 unspecified atom stereocenters. The summed E-state index contributed by atoms with van der Waals surface area (Å²) in [6.07, 6.45) is 0. The first-order valence-electron chi connectivity index (χ1n) is 5.04. The minimum atomic E-state index is 0.599. The molecule has 0 amide bonds. The number of aromatic nitrogens is 2. The van der Waals surface area contributed by atoms with Crippen molar-refractivity contribution in [1.29, 1.82) is 0 Å². The molecule has 15 heavy (non-hydrogen) atoms. The predicted octanol–water partition coefficient (Wildman–Crippen LogP) is 3.28. The molecular weight excluding hydrogens is 210 g/mol. The van der Waals surface area contributed by atoms with Crippen molar-refractivity contribution >= 4 is 28.6 Å². The second kappa shape index (κ2) is 4.11. The Bertz CT molecular complexity index is 462. The van der Waals surface area contributed by atoms with Crippen LogP contribution in [0.1, 0.15) is 13.8 Å². The van der Waals surface area contributed by atoms with Gasteiger partial charge in [0.15, 0.2) is 0 Å². The summed E-state index contributed by atoms with van der Waals surface area (Å²) < 4.78 is 0. The van der Waals surface area contributed by atoms with Gasteiger partial charge < -0.3 is 10.3 Å². The molecule has 0 aliphatic rings. The standard InChI is InChI=1S/C11H14ClN3/c1-7(2)6-13-11-14-9-4-3-8(12)5-10(9)15-11/h3-5,7H,6H2,1-2H3,(H2,13,14,15). The average Bonchev–Trinajstić information content (AvgIpc) is 2.56. The molecule has 80 valence electrons. The van der Waals surface area contributed by atoms with Crippen LogP contribution >= 0.6 is 11.6 Å². The molecule has 0 aliphatic carbocycles. The van der Waals surface area contributed by atoms with E-state index in [-0.39, 0.29) is 0 Å². The Hall–Kier alpha value is -1.22. The largest absolute Gasteiger partial charge is 0.356 e. The molecule has 2 rings (SSSR count). The van der Waals surface area contributed by atoms with Gasteiger partial charge in [0, 0.05) is 11.6 Å². The van der Waals surface area contributed by atoms with Crippen LogP contribution in [0.4, 0.5) is 5.95 Å². The Morgan fingerprint density at radius 2 is 2.27 bits per heavy atom. The first-order chi connectivity index (χ1) is 7.15. The molecule has 0 bridgehead atoms. The van der Waals surface area contributed by atoms with Crippen LogP contribution in [0.3, 0.4) is 0 Å². The van der Waals surface area contributed by atoms with E-state index >= 15 is 0 Å². The number of hydrogen-bond donors (Lipinski definition) is 2. The molecule has 2 aromatic rings. The maximum Gasteiger partial charge on any atom is 0.201 e. The fraction of sp³-hybridized carbons (Fsp3) is 0.364. The van der Waals surface area contributed by atoms with E-state index in [1.807, 2.05) is 18.2 Å². The molecule has 4 heteroatoms. The van der Waals surface area contributed by atoms with Gasteiger partial charge in [0.05, 0.1) is 11.0 Å². The maximum absolute atomic E-state index is 5.89. The van der Waals surface area contributed by atoms with Crippen molar-refractivity contribution in [2.75, 3.05) is 11.9 Å². The summed E-state index contributed by atoms with van der Waals surface area (Å²) in [6, 6.07) is 5.64. The van der Waals surface area contributed by atoms with Crippen LogP contribution in [0.25, 0.3) is 11.0 Å². The van der Waals surface area contributed by atoms with Gasteiger partial charge in [-0.15, -0.1) is 0 Å². The van der Waals surface area contributed by atoms with Crippen molar-refractivity contribution in [2.24, 2.45) is 5.92 Å². The van der Waals surface area contributed by atoms with Crippen molar-refractivity contribution in [3.8, 4) is 0 Å². The normalized spacial score (nSPS) is 11.2. The molecule has 0 saturated heterocycles. The first kappa shape index (κ1) is 10.3. The van der Waals surface area contributed by atoms with E-state index < -0.39 is 0 Å². The summed E-state index contributed by atoms with van der Waals surface area (Å²) in [5.74, 6) is 1.41. The average molecular weight is 224 g/mol.